The van der Waals surface area contributed by atoms with E-state index in [9.17, 15) is 4.79 Å². The van der Waals surface area contributed by atoms with Crippen LogP contribution in [0.1, 0.15) is 28.1 Å². The minimum Gasteiger partial charge on any atom is -0.350 e. The van der Waals surface area contributed by atoms with Crippen molar-refractivity contribution in [2.24, 2.45) is 0 Å². The number of pyridine rings is 1. The van der Waals surface area contributed by atoms with E-state index in [-0.39, 0.29) is 12.5 Å². The van der Waals surface area contributed by atoms with E-state index < -0.39 is 0 Å². The second-order valence-electron chi connectivity index (χ2n) is 7.63. The summed E-state index contributed by atoms with van der Waals surface area (Å²) in [5.41, 5.74) is 4.53. The van der Waals surface area contributed by atoms with Crippen LogP contribution in [0.25, 0.3) is 0 Å². The molecule has 2 heterocycles. The molecule has 162 valence electrons. The number of nitrogens with one attached hydrogen (secondary N) is 1. The quantitative estimate of drug-likeness (QED) is 0.421. The molecule has 2 aromatic heterocycles. The van der Waals surface area contributed by atoms with Gasteiger partial charge in [-0.25, -0.2) is 4.98 Å². The highest BCUT2D eigenvalue weighted by atomic mass is 32.1. The van der Waals surface area contributed by atoms with Crippen molar-refractivity contribution in [1.29, 1.82) is 0 Å². The van der Waals surface area contributed by atoms with Crippen LogP contribution in [0.2, 0.25) is 0 Å². The maximum atomic E-state index is 12.7. The van der Waals surface area contributed by atoms with E-state index in [0.717, 1.165) is 22.1 Å². The average Bonchev–Trinajstić information content (AvgIpc) is 3.29. The molecule has 0 saturated heterocycles. The number of carbonyl (C=O) groups is 1. The zero-order chi connectivity index (χ0) is 22.2. The first-order chi connectivity index (χ1) is 15.7. The molecule has 0 aliphatic carbocycles. The molecule has 0 bridgehead atoms. The molecule has 0 aliphatic rings. The van der Waals surface area contributed by atoms with Gasteiger partial charge in [0.25, 0.3) is 0 Å². The van der Waals surface area contributed by atoms with Gasteiger partial charge >= 0.3 is 0 Å². The van der Waals surface area contributed by atoms with Gasteiger partial charge < -0.3 is 10.2 Å². The SMILES string of the molecule is Cc1ccc(Cc2nsc(N(CC(=O)NCc3ccncc3)Cc3ccccc3)n2)cc1. The Balaban J connectivity index is 1.45. The Morgan fingerprint density at radius 2 is 1.69 bits per heavy atom. The minimum absolute atomic E-state index is 0.0620. The zero-order valence-corrected chi connectivity index (χ0v) is 18.8. The number of hydrogen-bond acceptors (Lipinski definition) is 6. The summed E-state index contributed by atoms with van der Waals surface area (Å²) in [5.74, 6) is 0.706. The molecule has 4 aromatic rings. The van der Waals surface area contributed by atoms with Crippen molar-refractivity contribution in [1.82, 2.24) is 19.7 Å². The van der Waals surface area contributed by atoms with Crippen LogP contribution in [0.4, 0.5) is 5.13 Å². The fraction of sp³-hybridized carbons (Fsp3) is 0.200. The van der Waals surface area contributed by atoms with E-state index in [1.54, 1.807) is 12.4 Å². The van der Waals surface area contributed by atoms with Crippen molar-refractivity contribution < 1.29 is 4.79 Å². The van der Waals surface area contributed by atoms with E-state index >= 15 is 0 Å². The van der Waals surface area contributed by atoms with E-state index in [0.29, 0.717) is 19.5 Å². The summed E-state index contributed by atoms with van der Waals surface area (Å²) >= 11 is 1.33. The Kier molecular flexibility index (Phi) is 7.19. The topological polar surface area (TPSA) is 71.0 Å². The van der Waals surface area contributed by atoms with Crippen LogP contribution in [0, 0.1) is 6.92 Å². The maximum Gasteiger partial charge on any atom is 0.239 e. The monoisotopic (exact) mass is 443 g/mol. The number of carbonyl (C=O) groups excluding carboxylic acids is 1. The summed E-state index contributed by atoms with van der Waals surface area (Å²) in [4.78, 5) is 23.4. The first-order valence-corrected chi connectivity index (χ1v) is 11.3. The van der Waals surface area contributed by atoms with Crippen LogP contribution < -0.4 is 10.2 Å². The molecule has 4 rings (SSSR count). The summed E-state index contributed by atoms with van der Waals surface area (Å²) in [6, 6.07) is 22.3. The number of aryl methyl sites for hydroxylation is 1. The zero-order valence-electron chi connectivity index (χ0n) is 17.9. The summed E-state index contributed by atoms with van der Waals surface area (Å²) < 4.78 is 4.55. The lowest BCUT2D eigenvalue weighted by Crippen LogP contribution is -2.36. The largest absolute Gasteiger partial charge is 0.350 e. The third-order valence-electron chi connectivity index (χ3n) is 5.00. The third kappa shape index (κ3) is 6.21. The molecular formula is C25H25N5OS. The van der Waals surface area contributed by atoms with E-state index in [1.807, 2.05) is 35.2 Å². The predicted octanol–water partition coefficient (Wildman–Crippen LogP) is 4.16. The van der Waals surface area contributed by atoms with Gasteiger partial charge in [-0.15, -0.1) is 0 Å². The highest BCUT2D eigenvalue weighted by Gasteiger charge is 2.17. The Morgan fingerprint density at radius 1 is 0.938 bits per heavy atom. The summed E-state index contributed by atoms with van der Waals surface area (Å²) in [6.07, 6.45) is 4.12. The van der Waals surface area contributed by atoms with Gasteiger partial charge in [0.05, 0.1) is 6.54 Å². The van der Waals surface area contributed by atoms with Gasteiger partial charge in [-0.1, -0.05) is 60.2 Å². The van der Waals surface area contributed by atoms with Gasteiger partial charge in [0, 0.05) is 43.4 Å². The molecule has 2 aromatic carbocycles. The first-order valence-electron chi connectivity index (χ1n) is 10.5. The van der Waals surface area contributed by atoms with Crippen molar-refractivity contribution in [3.8, 4) is 0 Å². The van der Waals surface area contributed by atoms with Crippen molar-refractivity contribution in [2.45, 2.75) is 26.4 Å². The highest BCUT2D eigenvalue weighted by molar-refractivity contribution is 7.09. The first kappa shape index (κ1) is 21.6. The molecule has 32 heavy (non-hydrogen) atoms. The van der Waals surface area contributed by atoms with Crippen LogP contribution in [0.3, 0.4) is 0 Å². The van der Waals surface area contributed by atoms with Crippen LogP contribution in [0.5, 0.6) is 0 Å². The molecule has 0 aliphatic heterocycles. The fourth-order valence-electron chi connectivity index (χ4n) is 3.26. The molecule has 0 spiro atoms. The molecule has 0 fully saturated rings. The van der Waals surface area contributed by atoms with Gasteiger partial charge in [0.2, 0.25) is 11.0 Å². The molecular weight excluding hydrogens is 418 g/mol. The van der Waals surface area contributed by atoms with E-state index in [2.05, 4.69) is 58.0 Å². The molecule has 0 unspecified atom stereocenters. The molecule has 1 amide bonds. The Labute approximate surface area is 192 Å². The number of aromatic nitrogens is 3. The molecule has 0 radical (unpaired) electrons. The lowest BCUT2D eigenvalue weighted by atomic mass is 10.1. The second kappa shape index (κ2) is 10.6. The van der Waals surface area contributed by atoms with E-state index in [4.69, 9.17) is 4.98 Å². The molecule has 7 heteroatoms. The van der Waals surface area contributed by atoms with Crippen molar-refractivity contribution in [3.05, 3.63) is 107 Å². The number of benzene rings is 2. The van der Waals surface area contributed by atoms with Gasteiger partial charge in [-0.3, -0.25) is 9.78 Å². The van der Waals surface area contributed by atoms with Gasteiger partial charge in [0.1, 0.15) is 5.82 Å². The molecule has 0 atom stereocenters. The van der Waals surface area contributed by atoms with Crippen LogP contribution in [-0.2, 0) is 24.3 Å². The highest BCUT2D eigenvalue weighted by Crippen LogP contribution is 2.21. The van der Waals surface area contributed by atoms with Gasteiger partial charge in [-0.2, -0.15) is 4.37 Å². The standard InChI is InChI=1S/C25H25N5OS/c1-19-7-9-20(10-8-19)15-23-28-25(32-29-23)30(17-22-5-3-2-4-6-22)18-24(31)27-16-21-11-13-26-14-12-21/h2-14H,15-18H2,1H3,(H,27,31). The molecule has 0 saturated carbocycles. The summed E-state index contributed by atoms with van der Waals surface area (Å²) in [6.45, 7) is 3.33. The fourth-order valence-corrected chi connectivity index (χ4v) is 3.94. The van der Waals surface area contributed by atoms with Crippen LogP contribution >= 0.6 is 11.5 Å². The summed E-state index contributed by atoms with van der Waals surface area (Å²) in [5, 5.41) is 3.73. The second-order valence-corrected chi connectivity index (χ2v) is 8.36. The van der Waals surface area contributed by atoms with Gasteiger partial charge in [-0.05, 0) is 35.7 Å². The summed E-state index contributed by atoms with van der Waals surface area (Å²) in [7, 11) is 0. The third-order valence-corrected chi connectivity index (χ3v) is 5.82. The lowest BCUT2D eigenvalue weighted by Gasteiger charge is -2.21. The van der Waals surface area contributed by atoms with Gasteiger partial charge in [0.15, 0.2) is 0 Å². The normalized spacial score (nSPS) is 10.7. The average molecular weight is 444 g/mol. The predicted molar refractivity (Wildman–Crippen MR) is 127 cm³/mol. The molecule has 1 N–H and O–H groups in total. The van der Waals surface area contributed by atoms with Crippen molar-refractivity contribution in [3.63, 3.8) is 0 Å². The number of amides is 1. The van der Waals surface area contributed by atoms with Crippen LogP contribution in [-0.4, -0.2) is 26.8 Å². The Hall–Kier alpha value is -3.58. The van der Waals surface area contributed by atoms with E-state index in [1.165, 1.54) is 22.7 Å². The number of rotatable bonds is 9. The maximum absolute atomic E-state index is 12.7. The number of nitrogens with zero attached hydrogens (tertiary/aromatic N) is 4. The Bertz CT molecular complexity index is 1130. The lowest BCUT2D eigenvalue weighted by molar-refractivity contribution is -0.119. The number of hydrogen-bond donors (Lipinski definition) is 1. The number of anilines is 1. The Morgan fingerprint density at radius 3 is 2.44 bits per heavy atom. The van der Waals surface area contributed by atoms with Crippen molar-refractivity contribution in [2.75, 3.05) is 11.4 Å². The smallest absolute Gasteiger partial charge is 0.239 e. The van der Waals surface area contributed by atoms with Crippen LogP contribution in [0.15, 0.2) is 79.1 Å². The van der Waals surface area contributed by atoms with Crippen molar-refractivity contribution >= 4 is 22.6 Å². The minimum atomic E-state index is -0.0620. The molecule has 6 nitrogen and oxygen atoms in total.